The zero-order chi connectivity index (χ0) is 19.5. The van der Waals surface area contributed by atoms with Gasteiger partial charge in [0.05, 0.1) is 10.6 Å². The molecule has 0 spiro atoms. The van der Waals surface area contributed by atoms with Crippen LogP contribution < -0.4 is 10.1 Å². The third-order valence-corrected chi connectivity index (χ3v) is 4.13. The van der Waals surface area contributed by atoms with Gasteiger partial charge < -0.3 is 10.1 Å². The zero-order valence-electron chi connectivity index (χ0n) is 14.6. The van der Waals surface area contributed by atoms with Crippen LogP contribution in [0.2, 0.25) is 5.02 Å². The van der Waals surface area contributed by atoms with Crippen LogP contribution in [0.5, 0.6) is 5.75 Å². The van der Waals surface area contributed by atoms with Crippen LogP contribution in [-0.4, -0.2) is 12.0 Å². The van der Waals surface area contributed by atoms with Crippen molar-refractivity contribution in [1.29, 1.82) is 0 Å². The van der Waals surface area contributed by atoms with Crippen LogP contribution in [0.25, 0.3) is 0 Å². The molecule has 0 aliphatic carbocycles. The number of hydrogen-bond donors (Lipinski definition) is 1. The van der Waals surface area contributed by atoms with Gasteiger partial charge in [-0.15, -0.1) is 0 Å². The van der Waals surface area contributed by atoms with Crippen molar-refractivity contribution in [2.75, 3.05) is 5.32 Å². The molecular formula is C19H19ClF3NO2. The lowest BCUT2D eigenvalue weighted by atomic mass is 10.1. The molecule has 0 saturated carbocycles. The van der Waals surface area contributed by atoms with Gasteiger partial charge in [0.25, 0.3) is 5.91 Å². The van der Waals surface area contributed by atoms with E-state index in [4.69, 9.17) is 16.3 Å². The predicted molar refractivity (Wildman–Crippen MR) is 95.7 cm³/mol. The molecule has 0 heterocycles. The number of anilines is 1. The summed E-state index contributed by atoms with van der Waals surface area (Å²) >= 11 is 5.59. The van der Waals surface area contributed by atoms with Crippen molar-refractivity contribution < 1.29 is 22.7 Å². The maximum atomic E-state index is 12.9. The van der Waals surface area contributed by atoms with E-state index in [0.29, 0.717) is 12.2 Å². The molecule has 0 saturated heterocycles. The van der Waals surface area contributed by atoms with E-state index >= 15 is 0 Å². The summed E-state index contributed by atoms with van der Waals surface area (Å²) < 4.78 is 44.5. The summed E-state index contributed by atoms with van der Waals surface area (Å²) in [6, 6.07) is 8.79. The number of amides is 1. The number of hydrogen-bond acceptors (Lipinski definition) is 2. The quantitative estimate of drug-likeness (QED) is 0.709. The number of ether oxygens (including phenoxy) is 1. The van der Waals surface area contributed by atoms with Crippen molar-refractivity contribution in [1.82, 2.24) is 0 Å². The molecule has 0 bridgehead atoms. The minimum absolute atomic E-state index is 0.00871. The van der Waals surface area contributed by atoms with Crippen LogP contribution >= 0.6 is 11.6 Å². The van der Waals surface area contributed by atoms with Crippen LogP contribution in [-0.2, 0) is 11.0 Å². The Morgan fingerprint density at radius 2 is 1.88 bits per heavy atom. The molecule has 1 N–H and O–H groups in total. The summed E-state index contributed by atoms with van der Waals surface area (Å²) in [7, 11) is 0. The number of carbonyl (C=O) groups is 1. The molecule has 0 aromatic heterocycles. The molecular weight excluding hydrogens is 367 g/mol. The van der Waals surface area contributed by atoms with Crippen molar-refractivity contribution in [3.05, 3.63) is 58.1 Å². The Hall–Kier alpha value is -2.21. The van der Waals surface area contributed by atoms with Crippen molar-refractivity contribution in [3.63, 3.8) is 0 Å². The Morgan fingerprint density at radius 1 is 1.19 bits per heavy atom. The van der Waals surface area contributed by atoms with Gasteiger partial charge in [0.15, 0.2) is 6.10 Å². The average Bonchev–Trinajstić information content (AvgIpc) is 2.54. The Balaban J connectivity index is 2.17. The molecule has 0 radical (unpaired) electrons. The number of rotatable bonds is 5. The topological polar surface area (TPSA) is 38.3 Å². The molecule has 0 aliphatic rings. The summed E-state index contributed by atoms with van der Waals surface area (Å²) in [4.78, 5) is 12.4. The lowest BCUT2D eigenvalue weighted by Crippen LogP contribution is -2.32. The lowest BCUT2D eigenvalue weighted by Gasteiger charge is -2.19. The van der Waals surface area contributed by atoms with Crippen LogP contribution in [0.15, 0.2) is 36.4 Å². The van der Waals surface area contributed by atoms with E-state index in [2.05, 4.69) is 5.32 Å². The van der Waals surface area contributed by atoms with Gasteiger partial charge in [0, 0.05) is 5.69 Å². The predicted octanol–water partition coefficient (Wildman–Crippen LogP) is 5.77. The minimum atomic E-state index is -4.60. The Kier molecular flexibility index (Phi) is 6.18. The van der Waals surface area contributed by atoms with E-state index in [0.717, 1.165) is 23.3 Å². The fourth-order valence-electron chi connectivity index (χ4n) is 2.45. The van der Waals surface area contributed by atoms with Crippen molar-refractivity contribution in [2.45, 2.75) is 39.5 Å². The second-order valence-corrected chi connectivity index (χ2v) is 6.37. The molecule has 2 rings (SSSR count). The maximum absolute atomic E-state index is 12.9. The maximum Gasteiger partial charge on any atom is 0.417 e. The normalized spacial score (nSPS) is 12.6. The largest absolute Gasteiger partial charge is 0.480 e. The SMILES string of the molecule is CCC(Oc1ccc(C)cc1C)C(=O)Nc1ccc(Cl)c(C(F)(F)F)c1. The standard InChI is InChI=1S/C19H19ClF3NO2/c1-4-16(26-17-8-5-11(2)9-12(17)3)18(25)24-13-6-7-15(20)14(10-13)19(21,22)23/h5-10,16H,4H2,1-3H3,(H,24,25). The average molecular weight is 386 g/mol. The number of nitrogens with one attached hydrogen (secondary N) is 1. The summed E-state index contributed by atoms with van der Waals surface area (Å²) in [6.45, 7) is 5.57. The van der Waals surface area contributed by atoms with Crippen LogP contribution in [0.3, 0.4) is 0 Å². The first-order valence-corrected chi connectivity index (χ1v) is 8.41. The van der Waals surface area contributed by atoms with Crippen LogP contribution in [0.4, 0.5) is 18.9 Å². The zero-order valence-corrected chi connectivity index (χ0v) is 15.3. The van der Waals surface area contributed by atoms with Gasteiger partial charge in [-0.2, -0.15) is 13.2 Å². The number of aryl methyl sites for hydroxylation is 2. The molecule has 3 nitrogen and oxygen atoms in total. The second kappa shape index (κ2) is 7.99. The summed E-state index contributed by atoms with van der Waals surface area (Å²) in [5.41, 5.74) is 0.949. The van der Waals surface area contributed by atoms with Gasteiger partial charge in [-0.1, -0.05) is 36.2 Å². The van der Waals surface area contributed by atoms with Gasteiger partial charge in [-0.05, 0) is 50.1 Å². The van der Waals surface area contributed by atoms with Gasteiger partial charge in [-0.25, -0.2) is 0 Å². The minimum Gasteiger partial charge on any atom is -0.480 e. The molecule has 1 atom stereocenters. The number of benzene rings is 2. The van der Waals surface area contributed by atoms with Crippen LogP contribution in [0.1, 0.15) is 30.0 Å². The fraction of sp³-hybridized carbons (Fsp3) is 0.316. The lowest BCUT2D eigenvalue weighted by molar-refractivity contribution is -0.137. The molecule has 7 heteroatoms. The first-order chi connectivity index (χ1) is 12.1. The molecule has 26 heavy (non-hydrogen) atoms. The van der Waals surface area contributed by atoms with Gasteiger partial charge in [0.2, 0.25) is 0 Å². The Morgan fingerprint density at radius 3 is 2.46 bits per heavy atom. The smallest absolute Gasteiger partial charge is 0.417 e. The van der Waals surface area contributed by atoms with E-state index in [1.165, 1.54) is 6.07 Å². The van der Waals surface area contributed by atoms with Crippen LogP contribution in [0, 0.1) is 13.8 Å². The van der Waals surface area contributed by atoms with E-state index in [9.17, 15) is 18.0 Å². The fourth-order valence-corrected chi connectivity index (χ4v) is 2.67. The molecule has 0 fully saturated rings. The van der Waals surface area contributed by atoms with Crippen molar-refractivity contribution in [2.24, 2.45) is 0 Å². The monoisotopic (exact) mass is 385 g/mol. The molecule has 2 aromatic rings. The molecule has 1 amide bonds. The van der Waals surface area contributed by atoms with E-state index in [1.54, 1.807) is 13.0 Å². The van der Waals surface area contributed by atoms with E-state index in [-0.39, 0.29) is 5.69 Å². The van der Waals surface area contributed by atoms with Gasteiger partial charge in [-0.3, -0.25) is 4.79 Å². The molecule has 0 aliphatic heterocycles. The Bertz CT molecular complexity index is 806. The van der Waals surface area contributed by atoms with Gasteiger partial charge >= 0.3 is 6.18 Å². The first-order valence-electron chi connectivity index (χ1n) is 8.03. The number of carbonyl (C=O) groups excluding carboxylic acids is 1. The third kappa shape index (κ3) is 4.91. The molecule has 140 valence electrons. The second-order valence-electron chi connectivity index (χ2n) is 5.97. The number of halogens is 4. The third-order valence-electron chi connectivity index (χ3n) is 3.80. The highest BCUT2D eigenvalue weighted by Gasteiger charge is 2.33. The van der Waals surface area contributed by atoms with E-state index < -0.39 is 28.8 Å². The highest BCUT2D eigenvalue weighted by molar-refractivity contribution is 6.31. The molecule has 2 aromatic carbocycles. The number of alkyl halides is 3. The highest BCUT2D eigenvalue weighted by atomic mass is 35.5. The highest BCUT2D eigenvalue weighted by Crippen LogP contribution is 2.36. The summed E-state index contributed by atoms with van der Waals surface area (Å²) in [5, 5.41) is 2.04. The Labute approximate surface area is 155 Å². The van der Waals surface area contributed by atoms with Crippen molar-refractivity contribution >= 4 is 23.2 Å². The van der Waals surface area contributed by atoms with E-state index in [1.807, 2.05) is 26.0 Å². The summed E-state index contributed by atoms with van der Waals surface area (Å²) in [6.07, 6.45) is -5.07. The summed E-state index contributed by atoms with van der Waals surface area (Å²) in [5.74, 6) is 0.0348. The first kappa shape index (κ1) is 20.1. The van der Waals surface area contributed by atoms with Crippen molar-refractivity contribution in [3.8, 4) is 5.75 Å². The van der Waals surface area contributed by atoms with Gasteiger partial charge in [0.1, 0.15) is 5.75 Å². The molecule has 1 unspecified atom stereocenters.